The average Bonchev–Trinajstić information content (AvgIpc) is 2.51. The van der Waals surface area contributed by atoms with Gasteiger partial charge in [0.05, 0.1) is 4.90 Å². The fourth-order valence-corrected chi connectivity index (χ4v) is 3.61. The molecule has 0 heterocycles. The van der Waals surface area contributed by atoms with Crippen LogP contribution in [0.25, 0.3) is 10.8 Å². The fraction of sp³-hybridized carbons (Fsp3) is 0.312. The van der Waals surface area contributed by atoms with Gasteiger partial charge >= 0.3 is 0 Å². The lowest BCUT2D eigenvalue weighted by Crippen LogP contribution is -2.48. The van der Waals surface area contributed by atoms with Gasteiger partial charge in [0.25, 0.3) is 0 Å². The second-order valence-electron chi connectivity index (χ2n) is 5.40. The molecule has 0 bridgehead atoms. The molecular weight excluding hydrogens is 300 g/mol. The van der Waals surface area contributed by atoms with Crippen LogP contribution in [0, 0.1) is 5.92 Å². The number of rotatable bonds is 6. The van der Waals surface area contributed by atoms with Gasteiger partial charge in [-0.25, -0.2) is 8.42 Å². The van der Waals surface area contributed by atoms with Crippen molar-refractivity contribution in [2.24, 2.45) is 11.7 Å². The monoisotopic (exact) mass is 320 g/mol. The van der Waals surface area contributed by atoms with E-state index in [-0.39, 0.29) is 10.8 Å². The van der Waals surface area contributed by atoms with Crippen LogP contribution < -0.4 is 10.5 Å². The highest BCUT2D eigenvalue weighted by atomic mass is 32.2. The largest absolute Gasteiger partial charge is 0.368 e. The molecule has 0 aliphatic carbocycles. The van der Waals surface area contributed by atoms with Crippen LogP contribution in [0.5, 0.6) is 0 Å². The maximum atomic E-state index is 12.5. The Balaban J connectivity index is 2.37. The van der Waals surface area contributed by atoms with Crippen molar-refractivity contribution in [1.29, 1.82) is 0 Å². The molecule has 3 N–H and O–H groups in total. The van der Waals surface area contributed by atoms with Crippen molar-refractivity contribution < 1.29 is 13.2 Å². The Morgan fingerprint density at radius 1 is 1.18 bits per heavy atom. The van der Waals surface area contributed by atoms with Crippen molar-refractivity contribution in [3.8, 4) is 0 Å². The minimum Gasteiger partial charge on any atom is -0.368 e. The van der Waals surface area contributed by atoms with Gasteiger partial charge in [-0.15, -0.1) is 0 Å². The first kappa shape index (κ1) is 16.5. The number of nitrogens with one attached hydrogen (secondary N) is 1. The van der Waals surface area contributed by atoms with Crippen LogP contribution in [0.1, 0.15) is 20.3 Å². The minimum absolute atomic E-state index is 0.126. The standard InChI is InChI=1S/C16H20N2O3S/c1-3-11(2)15(16(17)19)18-22(20,21)14-9-8-12-6-4-5-7-13(12)10-14/h4-11,15,18H,3H2,1-2H3,(H2,17,19). The van der Waals surface area contributed by atoms with Crippen LogP contribution in [0.15, 0.2) is 47.4 Å². The SMILES string of the molecule is CCC(C)C(NS(=O)(=O)c1ccc2ccccc2c1)C(N)=O. The highest BCUT2D eigenvalue weighted by Crippen LogP contribution is 2.20. The summed E-state index contributed by atoms with van der Waals surface area (Å²) in [6, 6.07) is 11.4. The molecular formula is C16H20N2O3S. The van der Waals surface area contributed by atoms with Gasteiger partial charge in [-0.3, -0.25) is 4.79 Å². The molecule has 118 valence electrons. The van der Waals surface area contributed by atoms with Crippen molar-refractivity contribution in [3.63, 3.8) is 0 Å². The highest BCUT2D eigenvalue weighted by Gasteiger charge is 2.28. The molecule has 0 saturated carbocycles. The summed E-state index contributed by atoms with van der Waals surface area (Å²) in [6.07, 6.45) is 0.647. The van der Waals surface area contributed by atoms with Crippen molar-refractivity contribution >= 4 is 26.7 Å². The first-order chi connectivity index (χ1) is 10.3. The molecule has 2 atom stereocenters. The normalized spacial score (nSPS) is 14.6. The number of carbonyl (C=O) groups excluding carboxylic acids is 1. The van der Waals surface area contributed by atoms with E-state index in [2.05, 4.69) is 4.72 Å². The first-order valence-corrected chi connectivity index (χ1v) is 8.64. The zero-order valence-electron chi connectivity index (χ0n) is 12.6. The quantitative estimate of drug-likeness (QED) is 0.853. The Morgan fingerprint density at radius 3 is 2.41 bits per heavy atom. The molecule has 6 heteroatoms. The topological polar surface area (TPSA) is 89.3 Å². The number of primary amides is 1. The van der Waals surface area contributed by atoms with Crippen LogP contribution in [0.3, 0.4) is 0 Å². The summed E-state index contributed by atoms with van der Waals surface area (Å²) < 4.78 is 27.4. The lowest BCUT2D eigenvalue weighted by atomic mass is 10.00. The van der Waals surface area contributed by atoms with E-state index in [4.69, 9.17) is 5.73 Å². The number of hydrogen-bond donors (Lipinski definition) is 2. The van der Waals surface area contributed by atoms with E-state index in [0.29, 0.717) is 6.42 Å². The van der Waals surface area contributed by atoms with Gasteiger partial charge in [0.15, 0.2) is 0 Å². The number of benzene rings is 2. The summed E-state index contributed by atoms with van der Waals surface area (Å²) in [4.78, 5) is 11.6. The van der Waals surface area contributed by atoms with E-state index in [1.54, 1.807) is 19.1 Å². The van der Waals surface area contributed by atoms with E-state index in [0.717, 1.165) is 10.8 Å². The van der Waals surface area contributed by atoms with E-state index in [1.165, 1.54) is 6.07 Å². The lowest BCUT2D eigenvalue weighted by molar-refractivity contribution is -0.120. The smallest absolute Gasteiger partial charge is 0.241 e. The average molecular weight is 320 g/mol. The van der Waals surface area contributed by atoms with Gasteiger partial charge in [0, 0.05) is 0 Å². The van der Waals surface area contributed by atoms with E-state index in [9.17, 15) is 13.2 Å². The maximum absolute atomic E-state index is 12.5. The van der Waals surface area contributed by atoms with Crippen LogP contribution in [-0.4, -0.2) is 20.4 Å². The predicted molar refractivity (Wildman–Crippen MR) is 86.7 cm³/mol. The third-order valence-electron chi connectivity index (χ3n) is 3.83. The molecule has 0 aliphatic heterocycles. The van der Waals surface area contributed by atoms with E-state index < -0.39 is 22.0 Å². The molecule has 22 heavy (non-hydrogen) atoms. The second kappa shape index (κ2) is 6.46. The zero-order valence-corrected chi connectivity index (χ0v) is 13.4. The zero-order chi connectivity index (χ0) is 16.3. The first-order valence-electron chi connectivity index (χ1n) is 7.15. The number of nitrogens with two attached hydrogens (primary N) is 1. The van der Waals surface area contributed by atoms with Crippen molar-refractivity contribution in [2.75, 3.05) is 0 Å². The van der Waals surface area contributed by atoms with Gasteiger partial charge in [0.1, 0.15) is 6.04 Å². The molecule has 0 fully saturated rings. The highest BCUT2D eigenvalue weighted by molar-refractivity contribution is 7.89. The summed E-state index contributed by atoms with van der Waals surface area (Å²) in [6.45, 7) is 3.67. The van der Waals surface area contributed by atoms with Crippen molar-refractivity contribution in [3.05, 3.63) is 42.5 Å². The van der Waals surface area contributed by atoms with E-state index >= 15 is 0 Å². The summed E-state index contributed by atoms with van der Waals surface area (Å²) in [5.41, 5.74) is 5.32. The molecule has 5 nitrogen and oxygen atoms in total. The predicted octanol–water partition coefficient (Wildman–Crippen LogP) is 2.02. The van der Waals surface area contributed by atoms with Gasteiger partial charge in [0.2, 0.25) is 15.9 Å². The molecule has 0 aliphatic rings. The van der Waals surface area contributed by atoms with Gasteiger partial charge in [-0.05, 0) is 28.8 Å². The summed E-state index contributed by atoms with van der Waals surface area (Å²) in [5, 5.41) is 1.78. The Bertz CT molecular complexity index is 787. The van der Waals surface area contributed by atoms with Crippen LogP contribution in [-0.2, 0) is 14.8 Å². The Kier molecular flexibility index (Phi) is 4.83. The fourth-order valence-electron chi connectivity index (χ4n) is 2.26. The molecule has 1 amide bonds. The molecule has 2 aromatic rings. The summed E-state index contributed by atoms with van der Waals surface area (Å²) in [5.74, 6) is -0.841. The molecule has 0 aromatic heterocycles. The van der Waals surface area contributed by atoms with Crippen LogP contribution in [0.4, 0.5) is 0 Å². The number of amides is 1. The Morgan fingerprint density at radius 2 is 1.82 bits per heavy atom. The molecule has 0 spiro atoms. The second-order valence-corrected chi connectivity index (χ2v) is 7.11. The number of sulfonamides is 1. The van der Waals surface area contributed by atoms with Crippen LogP contribution >= 0.6 is 0 Å². The van der Waals surface area contributed by atoms with Crippen LogP contribution in [0.2, 0.25) is 0 Å². The maximum Gasteiger partial charge on any atom is 0.241 e. The Labute approximate surface area is 130 Å². The van der Waals surface area contributed by atoms with E-state index in [1.807, 2.05) is 31.2 Å². The molecule has 2 rings (SSSR count). The molecule has 2 aromatic carbocycles. The van der Waals surface area contributed by atoms with Gasteiger partial charge < -0.3 is 5.73 Å². The van der Waals surface area contributed by atoms with Crippen molar-refractivity contribution in [2.45, 2.75) is 31.2 Å². The number of fused-ring (bicyclic) bond motifs is 1. The Hall–Kier alpha value is -1.92. The van der Waals surface area contributed by atoms with Gasteiger partial charge in [-0.2, -0.15) is 4.72 Å². The molecule has 0 radical (unpaired) electrons. The minimum atomic E-state index is -3.80. The third-order valence-corrected chi connectivity index (χ3v) is 5.27. The third kappa shape index (κ3) is 3.45. The number of hydrogen-bond acceptors (Lipinski definition) is 3. The van der Waals surface area contributed by atoms with Gasteiger partial charge in [-0.1, -0.05) is 50.6 Å². The van der Waals surface area contributed by atoms with Crippen molar-refractivity contribution in [1.82, 2.24) is 4.72 Å². The summed E-state index contributed by atoms with van der Waals surface area (Å²) in [7, 11) is -3.80. The number of carbonyl (C=O) groups is 1. The molecule has 0 saturated heterocycles. The summed E-state index contributed by atoms with van der Waals surface area (Å²) >= 11 is 0. The lowest BCUT2D eigenvalue weighted by Gasteiger charge is -2.21. The molecule has 2 unspecified atom stereocenters.